The van der Waals surface area contributed by atoms with Crippen LogP contribution in [-0.4, -0.2) is 10.1 Å². The average Bonchev–Trinajstić information content (AvgIpc) is 2.11. The van der Waals surface area contributed by atoms with E-state index in [1.807, 2.05) is 0 Å². The van der Waals surface area contributed by atoms with Crippen molar-refractivity contribution in [2.45, 2.75) is 6.54 Å². The molecule has 0 aromatic heterocycles. The van der Waals surface area contributed by atoms with Gasteiger partial charge in [-0.1, -0.05) is 0 Å². The quantitative estimate of drug-likeness (QED) is 0.233. The van der Waals surface area contributed by atoms with Crippen molar-refractivity contribution in [3.8, 4) is 0 Å². The minimum atomic E-state index is 0.117. The topological polar surface area (TPSA) is 107 Å². The summed E-state index contributed by atoms with van der Waals surface area (Å²) in [5, 5.41) is 1.35. The molecular formula is C8H13N5S. The zero-order valence-corrected chi connectivity index (χ0v) is 8.42. The van der Waals surface area contributed by atoms with E-state index < -0.39 is 0 Å². The van der Waals surface area contributed by atoms with Crippen LogP contribution in [0.15, 0.2) is 18.2 Å². The second kappa shape index (κ2) is 4.12. The number of anilines is 2. The highest BCUT2D eigenvalue weighted by Gasteiger charge is 2.05. The Hall–Kier alpha value is -1.53. The van der Waals surface area contributed by atoms with Crippen LogP contribution >= 0.6 is 12.2 Å². The number of nitrogen functional groups attached to an aromatic ring is 2. The van der Waals surface area contributed by atoms with Gasteiger partial charge in [0.1, 0.15) is 0 Å². The summed E-state index contributed by atoms with van der Waals surface area (Å²) in [7, 11) is 0. The molecule has 0 saturated heterocycles. The van der Waals surface area contributed by atoms with Crippen LogP contribution in [0.2, 0.25) is 0 Å². The first-order chi connectivity index (χ1) is 6.50. The van der Waals surface area contributed by atoms with Gasteiger partial charge in [-0.15, -0.1) is 0 Å². The molecule has 76 valence electrons. The van der Waals surface area contributed by atoms with E-state index in [2.05, 4.69) is 0 Å². The summed E-state index contributed by atoms with van der Waals surface area (Å²) in [6.45, 7) is 0.353. The Kier molecular flexibility index (Phi) is 3.10. The Bertz CT molecular complexity index is 352. The van der Waals surface area contributed by atoms with Crippen LogP contribution in [0.3, 0.4) is 0 Å². The van der Waals surface area contributed by atoms with Crippen LogP contribution in [0.5, 0.6) is 0 Å². The maximum atomic E-state index is 5.72. The first-order valence-corrected chi connectivity index (χ1v) is 4.37. The molecule has 1 rings (SSSR count). The lowest BCUT2D eigenvalue weighted by Gasteiger charge is -2.17. The van der Waals surface area contributed by atoms with Crippen LogP contribution in [0.1, 0.15) is 5.56 Å². The van der Waals surface area contributed by atoms with Crippen LogP contribution in [-0.2, 0) is 6.54 Å². The minimum absolute atomic E-state index is 0.117. The van der Waals surface area contributed by atoms with Crippen molar-refractivity contribution >= 4 is 28.7 Å². The van der Waals surface area contributed by atoms with E-state index in [1.165, 1.54) is 5.01 Å². The van der Waals surface area contributed by atoms with E-state index in [0.717, 1.165) is 5.56 Å². The van der Waals surface area contributed by atoms with Gasteiger partial charge >= 0.3 is 0 Å². The molecule has 0 fully saturated rings. The van der Waals surface area contributed by atoms with E-state index in [1.54, 1.807) is 18.2 Å². The van der Waals surface area contributed by atoms with Gasteiger partial charge in [0, 0.05) is 11.4 Å². The summed E-state index contributed by atoms with van der Waals surface area (Å²) in [6.07, 6.45) is 0. The molecule has 6 heteroatoms. The molecule has 1 aromatic rings. The Morgan fingerprint density at radius 2 is 2.00 bits per heavy atom. The number of rotatable bonds is 2. The largest absolute Gasteiger partial charge is 0.399 e. The molecule has 0 saturated carbocycles. The molecule has 0 aliphatic rings. The molecule has 0 radical (unpaired) electrons. The maximum absolute atomic E-state index is 5.72. The fourth-order valence-electron chi connectivity index (χ4n) is 1.02. The van der Waals surface area contributed by atoms with Crippen molar-refractivity contribution in [1.29, 1.82) is 0 Å². The van der Waals surface area contributed by atoms with Crippen LogP contribution in [0.25, 0.3) is 0 Å². The Labute approximate surface area is 87.6 Å². The zero-order valence-electron chi connectivity index (χ0n) is 7.60. The third-order valence-corrected chi connectivity index (χ3v) is 2.03. The second-order valence-corrected chi connectivity index (χ2v) is 3.34. The smallest absolute Gasteiger partial charge is 0.180 e. The predicted octanol–water partition coefficient (Wildman–Crippen LogP) is -0.230. The predicted molar refractivity (Wildman–Crippen MR) is 61.8 cm³/mol. The molecule has 0 unspecified atom stereocenters. The van der Waals surface area contributed by atoms with E-state index >= 15 is 0 Å². The monoisotopic (exact) mass is 211 g/mol. The molecule has 0 aliphatic carbocycles. The molecular weight excluding hydrogens is 198 g/mol. The molecule has 8 N–H and O–H groups in total. The van der Waals surface area contributed by atoms with Crippen molar-refractivity contribution in [3.63, 3.8) is 0 Å². The van der Waals surface area contributed by atoms with Crippen molar-refractivity contribution in [2.75, 3.05) is 11.5 Å². The highest BCUT2D eigenvalue weighted by atomic mass is 32.1. The zero-order chi connectivity index (χ0) is 10.7. The van der Waals surface area contributed by atoms with Crippen molar-refractivity contribution in [3.05, 3.63) is 23.8 Å². The number of thiocarbonyl (C=S) groups is 1. The Balaban J connectivity index is 2.85. The molecule has 1 aromatic carbocycles. The number of benzene rings is 1. The summed E-state index contributed by atoms with van der Waals surface area (Å²) >= 11 is 4.70. The van der Waals surface area contributed by atoms with Crippen molar-refractivity contribution in [2.24, 2.45) is 11.6 Å². The van der Waals surface area contributed by atoms with E-state index in [-0.39, 0.29) is 5.11 Å². The van der Waals surface area contributed by atoms with E-state index in [0.29, 0.717) is 17.9 Å². The Morgan fingerprint density at radius 1 is 1.36 bits per heavy atom. The van der Waals surface area contributed by atoms with Gasteiger partial charge in [-0.05, 0) is 36.0 Å². The normalized spacial score (nSPS) is 9.79. The Morgan fingerprint density at radius 3 is 2.57 bits per heavy atom. The lowest BCUT2D eigenvalue weighted by Crippen LogP contribution is -2.40. The van der Waals surface area contributed by atoms with Crippen LogP contribution in [0, 0.1) is 0 Å². The van der Waals surface area contributed by atoms with E-state index in [4.69, 9.17) is 35.3 Å². The van der Waals surface area contributed by atoms with Gasteiger partial charge < -0.3 is 17.2 Å². The third-order valence-electron chi connectivity index (χ3n) is 1.79. The molecule has 0 atom stereocenters. The van der Waals surface area contributed by atoms with Crippen molar-refractivity contribution < 1.29 is 0 Å². The second-order valence-electron chi connectivity index (χ2n) is 2.92. The van der Waals surface area contributed by atoms with Crippen molar-refractivity contribution in [1.82, 2.24) is 5.01 Å². The van der Waals surface area contributed by atoms with Gasteiger partial charge in [0.05, 0.1) is 6.54 Å². The SMILES string of the molecule is NC(=S)N(N)Cc1cc(N)ccc1N. The standard InChI is InChI=1S/C8H13N5S/c9-6-1-2-7(10)5(3-6)4-13(12)8(11)14/h1-3H,4,9-10,12H2,(H2,11,14). The fourth-order valence-corrected chi connectivity index (χ4v) is 1.09. The summed E-state index contributed by atoms with van der Waals surface area (Å²) in [5.74, 6) is 5.54. The first kappa shape index (κ1) is 10.6. The van der Waals surface area contributed by atoms with Crippen LogP contribution < -0.4 is 23.0 Å². The minimum Gasteiger partial charge on any atom is -0.399 e. The summed E-state index contributed by atoms with van der Waals surface area (Å²) < 4.78 is 0. The molecule has 0 aliphatic heterocycles. The van der Waals surface area contributed by atoms with Gasteiger partial charge in [0.2, 0.25) is 0 Å². The van der Waals surface area contributed by atoms with E-state index in [9.17, 15) is 0 Å². The maximum Gasteiger partial charge on any atom is 0.180 e. The van der Waals surface area contributed by atoms with Gasteiger partial charge in [-0.3, -0.25) is 5.01 Å². The van der Waals surface area contributed by atoms with Gasteiger partial charge in [-0.2, -0.15) is 0 Å². The van der Waals surface area contributed by atoms with Crippen LogP contribution in [0.4, 0.5) is 11.4 Å². The number of nitrogens with zero attached hydrogens (tertiary/aromatic N) is 1. The summed E-state index contributed by atoms with van der Waals surface area (Å²) in [6, 6.07) is 5.19. The highest BCUT2D eigenvalue weighted by Crippen LogP contribution is 2.16. The number of hydrazine groups is 1. The number of nitrogens with two attached hydrogens (primary N) is 4. The fraction of sp³-hybridized carbons (Fsp3) is 0.125. The summed E-state index contributed by atoms with van der Waals surface area (Å²) in [5.41, 5.74) is 18.7. The molecule has 0 amide bonds. The average molecular weight is 211 g/mol. The van der Waals surface area contributed by atoms with Gasteiger partial charge in [0.15, 0.2) is 5.11 Å². The third kappa shape index (κ3) is 2.48. The first-order valence-electron chi connectivity index (χ1n) is 3.96. The lowest BCUT2D eigenvalue weighted by atomic mass is 10.1. The van der Waals surface area contributed by atoms with Gasteiger partial charge in [0.25, 0.3) is 0 Å². The number of hydrogen-bond acceptors (Lipinski definition) is 4. The molecule has 5 nitrogen and oxygen atoms in total. The lowest BCUT2D eigenvalue weighted by molar-refractivity contribution is 0.438. The molecule has 0 heterocycles. The highest BCUT2D eigenvalue weighted by molar-refractivity contribution is 7.80. The number of hydrogen-bond donors (Lipinski definition) is 4. The molecule has 0 bridgehead atoms. The summed E-state index contributed by atoms with van der Waals surface area (Å²) in [4.78, 5) is 0. The van der Waals surface area contributed by atoms with Gasteiger partial charge in [-0.25, -0.2) is 5.84 Å². The molecule has 14 heavy (non-hydrogen) atoms. The molecule has 0 spiro atoms.